The normalized spacial score (nSPS) is 27.1. The maximum Gasteiger partial charge on any atom is 0.161 e. The molecule has 3 rings (SSSR count). The molecule has 2 N–H and O–H groups in total. The van der Waals surface area contributed by atoms with Gasteiger partial charge in [0.15, 0.2) is 11.5 Å². The zero-order valence-corrected chi connectivity index (χ0v) is 9.69. The third kappa shape index (κ3) is 2.23. The van der Waals surface area contributed by atoms with Gasteiger partial charge in [-0.1, -0.05) is 6.07 Å². The summed E-state index contributed by atoms with van der Waals surface area (Å²) in [5, 5.41) is 13.1. The summed E-state index contributed by atoms with van der Waals surface area (Å²) < 4.78 is 11.0. The number of benzene rings is 1. The lowest BCUT2D eigenvalue weighted by molar-refractivity contribution is 0.158. The van der Waals surface area contributed by atoms with E-state index in [-0.39, 0.29) is 12.1 Å². The zero-order valence-electron chi connectivity index (χ0n) is 9.69. The lowest BCUT2D eigenvalue weighted by atomic mass is 10.0. The number of aliphatic hydroxyl groups excluding tert-OH is 1. The van der Waals surface area contributed by atoms with Crippen LogP contribution in [0.4, 0.5) is 0 Å². The van der Waals surface area contributed by atoms with E-state index in [9.17, 15) is 5.11 Å². The summed E-state index contributed by atoms with van der Waals surface area (Å²) in [5.41, 5.74) is 1.17. The van der Waals surface area contributed by atoms with Crippen LogP contribution in [0.2, 0.25) is 0 Å². The van der Waals surface area contributed by atoms with Crippen molar-refractivity contribution in [2.45, 2.75) is 25.0 Å². The van der Waals surface area contributed by atoms with Crippen molar-refractivity contribution >= 4 is 0 Å². The quantitative estimate of drug-likeness (QED) is 0.793. The van der Waals surface area contributed by atoms with Crippen molar-refractivity contribution in [3.63, 3.8) is 0 Å². The predicted octanol–water partition coefficient (Wildman–Crippen LogP) is 0.723. The molecule has 4 nitrogen and oxygen atoms in total. The van der Waals surface area contributed by atoms with Crippen LogP contribution in [-0.4, -0.2) is 37.0 Å². The SMILES string of the molecule is OC1CCNC1Cc1ccc2c(c1)OCCO2. The van der Waals surface area contributed by atoms with Crippen LogP contribution in [-0.2, 0) is 6.42 Å². The Hall–Kier alpha value is -1.26. The largest absolute Gasteiger partial charge is 0.486 e. The van der Waals surface area contributed by atoms with Gasteiger partial charge in [0.2, 0.25) is 0 Å². The molecule has 2 heterocycles. The lowest BCUT2D eigenvalue weighted by Crippen LogP contribution is -2.32. The minimum atomic E-state index is -0.233. The van der Waals surface area contributed by atoms with Gasteiger partial charge in [-0.25, -0.2) is 0 Å². The van der Waals surface area contributed by atoms with E-state index >= 15 is 0 Å². The molecule has 92 valence electrons. The van der Waals surface area contributed by atoms with Gasteiger partial charge in [-0.2, -0.15) is 0 Å². The molecule has 0 amide bonds. The van der Waals surface area contributed by atoms with Crippen molar-refractivity contribution in [1.29, 1.82) is 0 Å². The third-order valence-electron chi connectivity index (χ3n) is 3.37. The molecule has 0 bridgehead atoms. The van der Waals surface area contributed by atoms with Crippen molar-refractivity contribution < 1.29 is 14.6 Å². The van der Waals surface area contributed by atoms with Crippen molar-refractivity contribution in [3.8, 4) is 11.5 Å². The molecule has 17 heavy (non-hydrogen) atoms. The molecule has 0 radical (unpaired) electrons. The smallest absolute Gasteiger partial charge is 0.161 e. The second kappa shape index (κ2) is 4.55. The van der Waals surface area contributed by atoms with Gasteiger partial charge >= 0.3 is 0 Å². The topological polar surface area (TPSA) is 50.7 Å². The molecule has 1 aromatic carbocycles. The molecule has 2 atom stereocenters. The molecule has 0 aromatic heterocycles. The molecule has 1 fully saturated rings. The van der Waals surface area contributed by atoms with Gasteiger partial charge in [-0.15, -0.1) is 0 Å². The van der Waals surface area contributed by atoms with Crippen LogP contribution in [0.1, 0.15) is 12.0 Å². The molecule has 0 spiro atoms. The van der Waals surface area contributed by atoms with E-state index in [1.807, 2.05) is 18.2 Å². The zero-order chi connectivity index (χ0) is 11.7. The van der Waals surface area contributed by atoms with Crippen LogP contribution >= 0.6 is 0 Å². The fourth-order valence-electron chi connectivity index (χ4n) is 2.43. The first kappa shape index (κ1) is 10.9. The number of hydrogen-bond acceptors (Lipinski definition) is 4. The number of rotatable bonds is 2. The molecule has 4 heteroatoms. The summed E-state index contributed by atoms with van der Waals surface area (Å²) in [7, 11) is 0. The highest BCUT2D eigenvalue weighted by Gasteiger charge is 2.25. The molecule has 1 aromatic rings. The number of hydrogen-bond donors (Lipinski definition) is 2. The van der Waals surface area contributed by atoms with E-state index in [0.717, 1.165) is 30.9 Å². The van der Waals surface area contributed by atoms with Crippen molar-refractivity contribution in [1.82, 2.24) is 5.32 Å². The standard InChI is InChI=1S/C13H17NO3/c15-11-3-4-14-10(11)7-9-1-2-12-13(8-9)17-6-5-16-12/h1-2,8,10-11,14-15H,3-7H2. The summed E-state index contributed by atoms with van der Waals surface area (Å²) in [5.74, 6) is 1.64. The number of aliphatic hydroxyl groups is 1. The number of ether oxygens (including phenoxy) is 2. The van der Waals surface area contributed by atoms with E-state index < -0.39 is 0 Å². The van der Waals surface area contributed by atoms with Crippen molar-refractivity contribution in [3.05, 3.63) is 23.8 Å². The Labute approximate surface area is 101 Å². The van der Waals surface area contributed by atoms with E-state index in [2.05, 4.69) is 5.32 Å². The van der Waals surface area contributed by atoms with E-state index in [0.29, 0.717) is 13.2 Å². The predicted molar refractivity (Wildman–Crippen MR) is 63.6 cm³/mol. The summed E-state index contributed by atoms with van der Waals surface area (Å²) >= 11 is 0. The summed E-state index contributed by atoms with van der Waals surface area (Å²) in [6.07, 6.45) is 1.44. The average molecular weight is 235 g/mol. The summed E-state index contributed by atoms with van der Waals surface area (Å²) in [6.45, 7) is 2.13. The number of nitrogens with one attached hydrogen (secondary N) is 1. The van der Waals surface area contributed by atoms with Gasteiger partial charge in [-0.3, -0.25) is 0 Å². The molecule has 1 saturated heterocycles. The van der Waals surface area contributed by atoms with Gasteiger partial charge < -0.3 is 19.9 Å². The maximum atomic E-state index is 9.77. The fraction of sp³-hybridized carbons (Fsp3) is 0.538. The minimum Gasteiger partial charge on any atom is -0.486 e. The lowest BCUT2D eigenvalue weighted by Gasteiger charge is -2.20. The highest BCUT2D eigenvalue weighted by atomic mass is 16.6. The van der Waals surface area contributed by atoms with Crippen molar-refractivity contribution in [2.75, 3.05) is 19.8 Å². The second-order valence-corrected chi connectivity index (χ2v) is 4.60. The van der Waals surface area contributed by atoms with Crippen LogP contribution in [0, 0.1) is 0 Å². The minimum absolute atomic E-state index is 0.164. The molecular formula is C13H17NO3. The van der Waals surface area contributed by atoms with E-state index in [1.165, 1.54) is 5.56 Å². The van der Waals surface area contributed by atoms with Crippen LogP contribution in [0.15, 0.2) is 18.2 Å². The average Bonchev–Trinajstić information content (AvgIpc) is 2.75. The van der Waals surface area contributed by atoms with Gasteiger partial charge in [0, 0.05) is 6.04 Å². The molecule has 2 aliphatic rings. The fourth-order valence-corrected chi connectivity index (χ4v) is 2.43. The first-order valence-electron chi connectivity index (χ1n) is 6.13. The highest BCUT2D eigenvalue weighted by Crippen LogP contribution is 2.31. The van der Waals surface area contributed by atoms with Gasteiger partial charge in [0.25, 0.3) is 0 Å². The van der Waals surface area contributed by atoms with Crippen molar-refractivity contribution in [2.24, 2.45) is 0 Å². The monoisotopic (exact) mass is 235 g/mol. The summed E-state index contributed by atoms with van der Waals surface area (Å²) in [6, 6.07) is 6.17. The Balaban J connectivity index is 1.75. The Morgan fingerprint density at radius 3 is 2.82 bits per heavy atom. The summed E-state index contributed by atoms with van der Waals surface area (Å²) in [4.78, 5) is 0. The third-order valence-corrected chi connectivity index (χ3v) is 3.37. The first-order chi connectivity index (χ1) is 8.33. The molecule has 2 unspecified atom stereocenters. The Kier molecular flexibility index (Phi) is 2.91. The van der Waals surface area contributed by atoms with Gasteiger partial charge in [0.1, 0.15) is 13.2 Å². The van der Waals surface area contributed by atoms with Crippen LogP contribution in [0.5, 0.6) is 11.5 Å². The van der Waals surface area contributed by atoms with E-state index in [1.54, 1.807) is 0 Å². The Bertz CT molecular complexity index is 408. The number of fused-ring (bicyclic) bond motifs is 1. The Morgan fingerprint density at radius 2 is 2.06 bits per heavy atom. The second-order valence-electron chi connectivity index (χ2n) is 4.60. The first-order valence-corrected chi connectivity index (χ1v) is 6.13. The molecule has 0 aliphatic carbocycles. The Morgan fingerprint density at radius 1 is 1.24 bits per heavy atom. The molecule has 2 aliphatic heterocycles. The van der Waals surface area contributed by atoms with E-state index in [4.69, 9.17) is 9.47 Å². The molecule has 0 saturated carbocycles. The van der Waals surface area contributed by atoms with Gasteiger partial charge in [0.05, 0.1) is 6.10 Å². The highest BCUT2D eigenvalue weighted by molar-refractivity contribution is 5.44. The molecular weight excluding hydrogens is 218 g/mol. The van der Waals surface area contributed by atoms with Crippen LogP contribution < -0.4 is 14.8 Å². The van der Waals surface area contributed by atoms with Crippen LogP contribution in [0.25, 0.3) is 0 Å². The maximum absolute atomic E-state index is 9.77. The van der Waals surface area contributed by atoms with Gasteiger partial charge in [-0.05, 0) is 37.1 Å². The van der Waals surface area contributed by atoms with Crippen LogP contribution in [0.3, 0.4) is 0 Å².